The number of carbonyl (C=O) groups is 6. The fraction of sp³-hybridized carbons (Fsp3) is 0.692. The van der Waals surface area contributed by atoms with Crippen molar-refractivity contribution < 1.29 is 33.5 Å². The Morgan fingerprint density at radius 2 is 1.56 bits per heavy atom. The minimum absolute atomic E-state index is 0.0362. The Hall–Kier alpha value is -4.16. The summed E-state index contributed by atoms with van der Waals surface area (Å²) in [5.41, 5.74) is 1.71. The molecule has 1 aliphatic heterocycles. The minimum atomic E-state index is -1.02. The maximum Gasteiger partial charge on any atom is 0.407 e. The van der Waals surface area contributed by atoms with Gasteiger partial charge in [0.25, 0.3) is 5.91 Å². The predicted molar refractivity (Wildman–Crippen MR) is 199 cm³/mol. The van der Waals surface area contributed by atoms with Crippen LogP contribution in [0.2, 0.25) is 0 Å². The third-order valence-electron chi connectivity index (χ3n) is 10.3. The molecular formula is C39H62N6O7. The van der Waals surface area contributed by atoms with Gasteiger partial charge in [-0.3, -0.25) is 19.2 Å². The van der Waals surface area contributed by atoms with E-state index in [4.69, 9.17) is 4.74 Å². The number of benzene rings is 1. The molecule has 0 spiro atoms. The smallest absolute Gasteiger partial charge is 0.407 e. The summed E-state index contributed by atoms with van der Waals surface area (Å²) in [5, 5.41) is 14.0. The van der Waals surface area contributed by atoms with Crippen LogP contribution in [0, 0.1) is 23.2 Å². The molecule has 1 unspecified atom stereocenters. The fourth-order valence-electron chi connectivity index (χ4n) is 7.11. The van der Waals surface area contributed by atoms with Gasteiger partial charge < -0.3 is 36.2 Å². The van der Waals surface area contributed by atoms with E-state index in [0.717, 1.165) is 17.5 Å². The quantitative estimate of drug-likeness (QED) is 0.152. The van der Waals surface area contributed by atoms with Crippen molar-refractivity contribution in [2.75, 3.05) is 26.2 Å². The van der Waals surface area contributed by atoms with Gasteiger partial charge in [-0.1, -0.05) is 85.6 Å². The summed E-state index contributed by atoms with van der Waals surface area (Å²) in [7, 11) is 0. The number of nitrogens with one attached hydrogen (secondary N) is 5. The molecule has 1 saturated heterocycles. The second kappa shape index (κ2) is 19.6. The number of amides is 6. The molecule has 0 radical (unpaired) electrons. The molecule has 1 aromatic rings. The highest BCUT2D eigenvalue weighted by Gasteiger charge is 2.48. The lowest BCUT2D eigenvalue weighted by atomic mass is 9.87. The first-order valence-corrected chi connectivity index (χ1v) is 19.1. The summed E-state index contributed by atoms with van der Waals surface area (Å²) >= 11 is 0. The Labute approximate surface area is 309 Å². The Bertz CT molecular complexity index is 1380. The van der Waals surface area contributed by atoms with E-state index in [1.165, 1.54) is 0 Å². The molecule has 5 N–H and O–H groups in total. The first-order chi connectivity index (χ1) is 24.6. The van der Waals surface area contributed by atoms with Crippen LogP contribution in [0.5, 0.6) is 0 Å². The maximum atomic E-state index is 14.8. The molecule has 5 atom stereocenters. The lowest BCUT2D eigenvalue weighted by Gasteiger charge is -2.35. The number of rotatable bonds is 17. The molecule has 0 aromatic heterocycles. The van der Waals surface area contributed by atoms with E-state index in [9.17, 15) is 28.8 Å². The van der Waals surface area contributed by atoms with Crippen LogP contribution < -0.4 is 26.6 Å². The number of likely N-dealkylation sites (tertiary alicyclic amines) is 1. The van der Waals surface area contributed by atoms with E-state index in [2.05, 4.69) is 26.6 Å². The number of nitrogens with zero attached hydrogens (tertiary/aromatic N) is 1. The first-order valence-electron chi connectivity index (χ1n) is 19.1. The maximum absolute atomic E-state index is 14.8. The van der Waals surface area contributed by atoms with Gasteiger partial charge in [0.1, 0.15) is 18.7 Å². The molecule has 2 aliphatic rings. The normalized spacial score (nSPS) is 18.9. The average molecular weight is 727 g/mol. The molecule has 52 heavy (non-hydrogen) atoms. The van der Waals surface area contributed by atoms with Crippen molar-refractivity contribution in [2.24, 2.45) is 23.2 Å². The number of hydrogen-bond donors (Lipinski definition) is 5. The van der Waals surface area contributed by atoms with Crippen LogP contribution in [0.15, 0.2) is 24.3 Å². The van der Waals surface area contributed by atoms with E-state index in [0.29, 0.717) is 58.2 Å². The molecule has 0 saturated carbocycles. The van der Waals surface area contributed by atoms with Crippen LogP contribution in [-0.2, 0) is 36.8 Å². The number of Topliss-reactive ketones (excluding diaryl/α,β-unsaturated/α-hetero) is 1. The number of alkyl carbamates (subject to hydrolysis) is 1. The van der Waals surface area contributed by atoms with E-state index >= 15 is 0 Å². The van der Waals surface area contributed by atoms with Gasteiger partial charge in [0, 0.05) is 19.6 Å². The number of fused-ring (bicyclic) bond motifs is 1. The molecule has 1 aromatic carbocycles. The van der Waals surface area contributed by atoms with Gasteiger partial charge in [0.15, 0.2) is 0 Å². The van der Waals surface area contributed by atoms with Crippen molar-refractivity contribution in [3.8, 4) is 0 Å². The number of hydrogen-bond acceptors (Lipinski definition) is 7. The van der Waals surface area contributed by atoms with Crippen molar-refractivity contribution in [3.05, 3.63) is 35.4 Å². The number of carbonyl (C=O) groups excluding carboxylic acids is 6. The summed E-state index contributed by atoms with van der Waals surface area (Å²) in [5.74, 6) is -2.73. The fourth-order valence-corrected chi connectivity index (χ4v) is 7.11. The van der Waals surface area contributed by atoms with Crippen molar-refractivity contribution in [1.82, 2.24) is 31.5 Å². The standard InChI is InChI=1S/C39H62N6O7/c1-9-12-17-29(33(46)35(48)41-19-10-2)42-34(47)32-28(24(4)5)18-20-45(32)36(49)31(27-21-25-15-13-14-16-26(25)22-27)44-37(50)43-30(39(6,7)8)23-52-38(51)40-11-3/h13-16,24,27-32H,9-12,17-23H2,1-8H3,(H,40,51)(H,41,48)(H,42,47)(H2,43,44,50)/t28-,29?,30-,31+,32+/m1/s1. The van der Waals surface area contributed by atoms with Crippen LogP contribution >= 0.6 is 0 Å². The van der Waals surface area contributed by atoms with Crippen LogP contribution in [0.4, 0.5) is 9.59 Å². The molecule has 1 fully saturated rings. The van der Waals surface area contributed by atoms with Crippen molar-refractivity contribution in [3.63, 3.8) is 0 Å². The van der Waals surface area contributed by atoms with Crippen LogP contribution in [0.1, 0.15) is 98.6 Å². The molecule has 6 amide bonds. The summed E-state index contributed by atoms with van der Waals surface area (Å²) in [6.45, 7) is 16.4. The monoisotopic (exact) mass is 726 g/mol. The summed E-state index contributed by atoms with van der Waals surface area (Å²) in [4.78, 5) is 82.3. The topological polar surface area (TPSA) is 175 Å². The Balaban J connectivity index is 1.91. The van der Waals surface area contributed by atoms with Gasteiger partial charge in [-0.15, -0.1) is 0 Å². The second-order valence-electron chi connectivity index (χ2n) is 15.6. The van der Waals surface area contributed by atoms with E-state index in [1.54, 1.807) is 11.8 Å². The number of ketones is 1. The van der Waals surface area contributed by atoms with E-state index < -0.39 is 59.3 Å². The Morgan fingerprint density at radius 3 is 2.12 bits per heavy atom. The summed E-state index contributed by atoms with van der Waals surface area (Å²) in [6.07, 6.45) is 3.48. The van der Waals surface area contributed by atoms with Crippen LogP contribution in [0.3, 0.4) is 0 Å². The molecule has 1 aliphatic carbocycles. The van der Waals surface area contributed by atoms with E-state index in [-0.39, 0.29) is 30.3 Å². The number of unbranched alkanes of at least 4 members (excludes halogenated alkanes) is 1. The third-order valence-corrected chi connectivity index (χ3v) is 10.3. The lowest BCUT2D eigenvalue weighted by Crippen LogP contribution is -2.61. The zero-order chi connectivity index (χ0) is 38.6. The van der Waals surface area contributed by atoms with Crippen molar-refractivity contribution >= 4 is 35.6 Å². The van der Waals surface area contributed by atoms with Crippen molar-refractivity contribution in [1.29, 1.82) is 0 Å². The van der Waals surface area contributed by atoms with Gasteiger partial charge >= 0.3 is 12.1 Å². The SMILES string of the molecule is CCCCC(NC(=O)[C@@H]1[C@@H](C(C)C)CCN1C(=O)[C@@H](NC(=O)N[C@H](COC(=O)NCC)C(C)(C)C)C1Cc2ccccc2C1)C(=O)C(=O)NCCC. The molecule has 1 heterocycles. The molecule has 290 valence electrons. The third kappa shape index (κ3) is 11.4. The van der Waals surface area contributed by atoms with Crippen LogP contribution in [-0.4, -0.2) is 90.9 Å². The molecule has 13 heteroatoms. The van der Waals surface area contributed by atoms with Gasteiger partial charge in [-0.2, -0.15) is 0 Å². The minimum Gasteiger partial charge on any atom is -0.447 e. The lowest BCUT2D eigenvalue weighted by molar-refractivity contribution is -0.144. The summed E-state index contributed by atoms with van der Waals surface area (Å²) in [6, 6.07) is 3.90. The first kappa shape index (κ1) is 42.3. The predicted octanol–water partition coefficient (Wildman–Crippen LogP) is 3.87. The molecule has 3 rings (SSSR count). The molecule has 13 nitrogen and oxygen atoms in total. The van der Waals surface area contributed by atoms with Crippen molar-refractivity contribution in [2.45, 2.75) is 125 Å². The molecular weight excluding hydrogens is 664 g/mol. The zero-order valence-electron chi connectivity index (χ0n) is 32.4. The highest BCUT2D eigenvalue weighted by molar-refractivity contribution is 6.38. The van der Waals surface area contributed by atoms with E-state index in [1.807, 2.05) is 72.7 Å². The summed E-state index contributed by atoms with van der Waals surface area (Å²) < 4.78 is 5.37. The van der Waals surface area contributed by atoms with Gasteiger partial charge in [-0.05, 0) is 73.3 Å². The number of ether oxygens (including phenoxy) is 1. The second-order valence-corrected chi connectivity index (χ2v) is 15.6. The van der Waals surface area contributed by atoms with Crippen LogP contribution in [0.25, 0.3) is 0 Å². The van der Waals surface area contributed by atoms with Gasteiger partial charge in [0.05, 0.1) is 12.1 Å². The number of urea groups is 1. The average Bonchev–Trinajstić information content (AvgIpc) is 3.74. The van der Waals surface area contributed by atoms with Gasteiger partial charge in [0.2, 0.25) is 17.6 Å². The zero-order valence-corrected chi connectivity index (χ0v) is 32.4. The Morgan fingerprint density at radius 1 is 0.904 bits per heavy atom. The highest BCUT2D eigenvalue weighted by Crippen LogP contribution is 2.35. The largest absolute Gasteiger partial charge is 0.447 e. The van der Waals surface area contributed by atoms with Gasteiger partial charge in [-0.25, -0.2) is 9.59 Å². The highest BCUT2D eigenvalue weighted by atomic mass is 16.5. The Kier molecular flexibility index (Phi) is 15.9. The molecule has 0 bridgehead atoms.